The number of thioether (sulfide) groups is 1. The van der Waals surface area contributed by atoms with E-state index in [1.54, 1.807) is 22.3 Å². The molecule has 0 atom stereocenters. The summed E-state index contributed by atoms with van der Waals surface area (Å²) in [6.07, 6.45) is 1.70. The summed E-state index contributed by atoms with van der Waals surface area (Å²) < 4.78 is 7.00. The fourth-order valence-electron chi connectivity index (χ4n) is 1.97. The lowest BCUT2D eigenvalue weighted by Crippen LogP contribution is -1.93. The molecule has 0 saturated heterocycles. The number of benzene rings is 1. The molecule has 0 amide bonds. The van der Waals surface area contributed by atoms with Crippen molar-refractivity contribution >= 4 is 23.1 Å². The quantitative estimate of drug-likeness (QED) is 0.516. The van der Waals surface area contributed by atoms with E-state index in [2.05, 4.69) is 20.2 Å². The second-order valence-electron chi connectivity index (χ2n) is 4.62. The van der Waals surface area contributed by atoms with Crippen LogP contribution in [0.2, 0.25) is 0 Å². The summed E-state index contributed by atoms with van der Waals surface area (Å²) in [6, 6.07) is 11.8. The third-order valence-electron chi connectivity index (χ3n) is 3.06. The average Bonchev–Trinajstić information content (AvgIpc) is 3.33. The number of para-hydroxylation sites is 1. The molecule has 4 aromatic rings. The summed E-state index contributed by atoms with van der Waals surface area (Å²) in [7, 11) is 0. The van der Waals surface area contributed by atoms with Crippen molar-refractivity contribution < 1.29 is 4.52 Å². The lowest BCUT2D eigenvalue weighted by Gasteiger charge is -1.97. The smallest absolute Gasteiger partial charge is 0.237 e. The molecule has 1 aromatic carbocycles. The third-order valence-corrected chi connectivity index (χ3v) is 4.58. The molecule has 0 fully saturated rings. The maximum Gasteiger partial charge on any atom is 0.237 e. The maximum absolute atomic E-state index is 5.26. The van der Waals surface area contributed by atoms with Crippen LogP contribution in [0.3, 0.4) is 0 Å². The lowest BCUT2D eigenvalue weighted by atomic mass is 10.3. The van der Waals surface area contributed by atoms with Gasteiger partial charge in [0.25, 0.3) is 0 Å². The van der Waals surface area contributed by atoms with Gasteiger partial charge in [0.05, 0.1) is 11.4 Å². The van der Waals surface area contributed by atoms with Crippen LogP contribution in [0.5, 0.6) is 0 Å². The summed E-state index contributed by atoms with van der Waals surface area (Å²) in [5.41, 5.74) is 1.95. The summed E-state index contributed by atoms with van der Waals surface area (Å²) >= 11 is 3.07. The van der Waals surface area contributed by atoms with Crippen molar-refractivity contribution in [2.24, 2.45) is 0 Å². The van der Waals surface area contributed by atoms with Gasteiger partial charge in [-0.15, -0.1) is 5.10 Å². The zero-order valence-electron chi connectivity index (χ0n) is 11.9. The number of rotatable bonds is 5. The Hall–Kier alpha value is -2.45. The molecule has 6 nitrogen and oxygen atoms in total. The Labute approximate surface area is 140 Å². The Morgan fingerprint density at radius 2 is 2.09 bits per heavy atom. The Balaban J connectivity index is 1.43. The van der Waals surface area contributed by atoms with Gasteiger partial charge < -0.3 is 4.52 Å². The van der Waals surface area contributed by atoms with Crippen molar-refractivity contribution in [1.82, 2.24) is 24.9 Å². The van der Waals surface area contributed by atoms with Crippen LogP contribution in [-0.2, 0) is 5.75 Å². The van der Waals surface area contributed by atoms with E-state index in [1.807, 2.05) is 47.2 Å². The van der Waals surface area contributed by atoms with Crippen LogP contribution in [0.25, 0.3) is 17.1 Å². The SMILES string of the molecule is c1ccc(-n2cnc(SCc3nc(-c4ccsc4)no3)n2)cc1. The van der Waals surface area contributed by atoms with Gasteiger partial charge in [-0.1, -0.05) is 35.1 Å². The number of aromatic nitrogens is 5. The number of thiophene rings is 1. The van der Waals surface area contributed by atoms with E-state index < -0.39 is 0 Å². The van der Waals surface area contributed by atoms with Crippen LogP contribution in [0.4, 0.5) is 0 Å². The van der Waals surface area contributed by atoms with E-state index in [0.717, 1.165) is 11.3 Å². The van der Waals surface area contributed by atoms with Crippen LogP contribution in [0.15, 0.2) is 63.2 Å². The minimum absolute atomic E-state index is 0.538. The Kier molecular flexibility index (Phi) is 3.91. The molecule has 0 spiro atoms. The van der Waals surface area contributed by atoms with Crippen LogP contribution < -0.4 is 0 Å². The van der Waals surface area contributed by atoms with E-state index >= 15 is 0 Å². The summed E-state index contributed by atoms with van der Waals surface area (Å²) in [5.74, 6) is 1.72. The minimum Gasteiger partial charge on any atom is -0.338 e. The molecule has 0 radical (unpaired) electrons. The second-order valence-corrected chi connectivity index (χ2v) is 6.34. The molecule has 23 heavy (non-hydrogen) atoms. The Bertz CT molecular complexity index is 886. The fourth-order valence-corrected chi connectivity index (χ4v) is 3.24. The van der Waals surface area contributed by atoms with Gasteiger partial charge in [-0.2, -0.15) is 16.3 Å². The van der Waals surface area contributed by atoms with Gasteiger partial charge in [-0.3, -0.25) is 0 Å². The van der Waals surface area contributed by atoms with E-state index in [4.69, 9.17) is 4.52 Å². The monoisotopic (exact) mass is 341 g/mol. The van der Waals surface area contributed by atoms with Gasteiger partial charge in [0.2, 0.25) is 16.9 Å². The highest BCUT2D eigenvalue weighted by Gasteiger charge is 2.11. The Morgan fingerprint density at radius 3 is 2.91 bits per heavy atom. The maximum atomic E-state index is 5.26. The largest absolute Gasteiger partial charge is 0.338 e. The first kappa shape index (κ1) is 14.2. The summed E-state index contributed by atoms with van der Waals surface area (Å²) in [4.78, 5) is 8.67. The van der Waals surface area contributed by atoms with Crippen molar-refractivity contribution in [2.75, 3.05) is 0 Å². The molecule has 0 bridgehead atoms. The molecular weight excluding hydrogens is 330 g/mol. The first-order valence-corrected chi connectivity index (χ1v) is 8.76. The van der Waals surface area contributed by atoms with Crippen molar-refractivity contribution in [3.8, 4) is 17.1 Å². The third kappa shape index (κ3) is 3.17. The molecule has 3 heterocycles. The molecule has 8 heteroatoms. The van der Waals surface area contributed by atoms with Crippen LogP contribution in [-0.4, -0.2) is 24.9 Å². The number of hydrogen-bond donors (Lipinski definition) is 0. The Morgan fingerprint density at radius 1 is 1.17 bits per heavy atom. The predicted molar refractivity (Wildman–Crippen MR) is 88.5 cm³/mol. The van der Waals surface area contributed by atoms with Gasteiger partial charge in [0.15, 0.2) is 0 Å². The highest BCUT2D eigenvalue weighted by atomic mass is 32.2. The highest BCUT2D eigenvalue weighted by molar-refractivity contribution is 7.98. The summed E-state index contributed by atoms with van der Waals surface area (Å²) in [5, 5.41) is 13.1. The van der Waals surface area contributed by atoms with Gasteiger partial charge in [-0.05, 0) is 23.6 Å². The molecule has 3 aromatic heterocycles. The number of hydrogen-bond acceptors (Lipinski definition) is 7. The van der Waals surface area contributed by atoms with Gasteiger partial charge in [0, 0.05) is 10.9 Å². The molecule has 0 unspecified atom stereocenters. The van der Waals surface area contributed by atoms with Gasteiger partial charge in [-0.25, -0.2) is 9.67 Å². The lowest BCUT2D eigenvalue weighted by molar-refractivity contribution is 0.391. The predicted octanol–water partition coefficient (Wildman–Crippen LogP) is 3.67. The average molecular weight is 341 g/mol. The minimum atomic E-state index is 0.538. The zero-order valence-corrected chi connectivity index (χ0v) is 13.5. The van der Waals surface area contributed by atoms with Crippen molar-refractivity contribution in [2.45, 2.75) is 10.9 Å². The van der Waals surface area contributed by atoms with E-state index in [1.165, 1.54) is 11.8 Å². The summed E-state index contributed by atoms with van der Waals surface area (Å²) in [6.45, 7) is 0. The highest BCUT2D eigenvalue weighted by Crippen LogP contribution is 2.22. The molecule has 0 aliphatic rings. The molecule has 0 aliphatic heterocycles. The van der Waals surface area contributed by atoms with Crippen LogP contribution in [0.1, 0.15) is 5.89 Å². The van der Waals surface area contributed by atoms with Crippen molar-refractivity contribution in [3.05, 3.63) is 59.4 Å². The van der Waals surface area contributed by atoms with Gasteiger partial charge in [0.1, 0.15) is 6.33 Å². The second kappa shape index (κ2) is 6.35. The molecule has 4 rings (SSSR count). The molecule has 0 N–H and O–H groups in total. The number of nitrogens with zero attached hydrogens (tertiary/aromatic N) is 5. The molecule has 0 saturated carbocycles. The van der Waals surface area contributed by atoms with Crippen LogP contribution in [0, 0.1) is 0 Å². The van der Waals surface area contributed by atoms with E-state index in [0.29, 0.717) is 22.6 Å². The first-order chi connectivity index (χ1) is 11.4. The van der Waals surface area contributed by atoms with Crippen molar-refractivity contribution in [1.29, 1.82) is 0 Å². The van der Waals surface area contributed by atoms with Crippen molar-refractivity contribution in [3.63, 3.8) is 0 Å². The molecule has 0 aliphatic carbocycles. The molecule has 114 valence electrons. The van der Waals surface area contributed by atoms with E-state index in [9.17, 15) is 0 Å². The standard InChI is InChI=1S/C15H11N5OS2/c1-2-4-12(5-3-1)20-10-16-15(18-20)23-9-13-17-14(19-21-13)11-6-7-22-8-11/h1-8,10H,9H2. The van der Waals surface area contributed by atoms with Crippen LogP contribution >= 0.6 is 23.1 Å². The zero-order chi connectivity index (χ0) is 15.5. The molecular formula is C15H11N5OS2. The normalized spacial score (nSPS) is 11.0. The van der Waals surface area contributed by atoms with E-state index in [-0.39, 0.29) is 0 Å². The van der Waals surface area contributed by atoms with Gasteiger partial charge >= 0.3 is 0 Å². The fraction of sp³-hybridized carbons (Fsp3) is 0.0667. The topological polar surface area (TPSA) is 69.6 Å². The first-order valence-electron chi connectivity index (χ1n) is 6.83.